The maximum Gasteiger partial charge on any atom is 0.332 e. The van der Waals surface area contributed by atoms with Gasteiger partial charge in [0.1, 0.15) is 12.4 Å². The van der Waals surface area contributed by atoms with Gasteiger partial charge in [-0.3, -0.25) is 0 Å². The third-order valence-electron chi connectivity index (χ3n) is 1.82. The molecule has 0 atom stereocenters. The van der Waals surface area contributed by atoms with Crippen LogP contribution in [0.25, 0.3) is 0 Å². The smallest absolute Gasteiger partial charge is 0.332 e. The molecule has 92 valence electrons. The molecular formula is C11H15N3O3. The molecule has 0 saturated carbocycles. The SMILES string of the molecule is COCCOc1ccc(C=NNC(N)=O)cc1. The number of amides is 2. The summed E-state index contributed by atoms with van der Waals surface area (Å²) in [6, 6.07) is 6.55. The monoisotopic (exact) mass is 237 g/mol. The van der Waals surface area contributed by atoms with Gasteiger partial charge >= 0.3 is 6.03 Å². The fraction of sp³-hybridized carbons (Fsp3) is 0.273. The summed E-state index contributed by atoms with van der Waals surface area (Å²) in [6.07, 6.45) is 1.49. The highest BCUT2D eigenvalue weighted by molar-refractivity contribution is 5.81. The Morgan fingerprint density at radius 2 is 2.12 bits per heavy atom. The zero-order valence-corrected chi connectivity index (χ0v) is 9.55. The Kier molecular flexibility index (Phi) is 5.53. The van der Waals surface area contributed by atoms with Crippen LogP contribution >= 0.6 is 0 Å². The van der Waals surface area contributed by atoms with Crippen molar-refractivity contribution in [2.75, 3.05) is 20.3 Å². The topological polar surface area (TPSA) is 85.9 Å². The molecule has 2 amide bonds. The van der Waals surface area contributed by atoms with Gasteiger partial charge in [0, 0.05) is 7.11 Å². The van der Waals surface area contributed by atoms with Crippen molar-refractivity contribution in [1.82, 2.24) is 5.43 Å². The molecule has 3 N–H and O–H groups in total. The van der Waals surface area contributed by atoms with Gasteiger partial charge in [-0.1, -0.05) is 0 Å². The Balaban J connectivity index is 2.44. The Bertz CT molecular complexity index is 376. The molecule has 0 unspecified atom stereocenters. The average molecular weight is 237 g/mol. The zero-order chi connectivity index (χ0) is 12.5. The first-order valence-electron chi connectivity index (χ1n) is 5.02. The fourth-order valence-corrected chi connectivity index (χ4v) is 1.06. The summed E-state index contributed by atoms with van der Waals surface area (Å²) in [6.45, 7) is 1.05. The second-order valence-corrected chi connectivity index (χ2v) is 3.14. The lowest BCUT2D eigenvalue weighted by atomic mass is 10.2. The summed E-state index contributed by atoms with van der Waals surface area (Å²) in [7, 11) is 1.62. The Morgan fingerprint density at radius 1 is 1.41 bits per heavy atom. The number of ether oxygens (including phenoxy) is 2. The first-order chi connectivity index (χ1) is 8.22. The molecule has 0 spiro atoms. The molecule has 6 nitrogen and oxygen atoms in total. The molecule has 0 radical (unpaired) electrons. The summed E-state index contributed by atoms with van der Waals surface area (Å²) in [5.74, 6) is 0.752. The van der Waals surface area contributed by atoms with Crippen LogP contribution in [0.2, 0.25) is 0 Å². The van der Waals surface area contributed by atoms with Crippen LogP contribution in [0.1, 0.15) is 5.56 Å². The molecule has 1 aromatic rings. The first-order valence-corrected chi connectivity index (χ1v) is 5.02. The van der Waals surface area contributed by atoms with E-state index in [1.807, 2.05) is 12.1 Å². The van der Waals surface area contributed by atoms with Gasteiger partial charge in [-0.05, 0) is 29.8 Å². The van der Waals surface area contributed by atoms with Gasteiger partial charge in [0.2, 0.25) is 0 Å². The number of hydrazone groups is 1. The van der Waals surface area contributed by atoms with E-state index < -0.39 is 6.03 Å². The minimum atomic E-state index is -0.694. The first kappa shape index (κ1) is 13.0. The predicted molar refractivity (Wildman–Crippen MR) is 64.1 cm³/mol. The lowest BCUT2D eigenvalue weighted by Gasteiger charge is -2.04. The molecular weight excluding hydrogens is 222 g/mol. The van der Waals surface area contributed by atoms with Crippen LogP contribution in [0.15, 0.2) is 29.4 Å². The van der Waals surface area contributed by atoms with Gasteiger partial charge in [0.05, 0.1) is 12.8 Å². The van der Waals surface area contributed by atoms with E-state index in [1.165, 1.54) is 6.21 Å². The zero-order valence-electron chi connectivity index (χ0n) is 9.55. The molecule has 0 bridgehead atoms. The third kappa shape index (κ3) is 5.53. The van der Waals surface area contributed by atoms with E-state index >= 15 is 0 Å². The van der Waals surface area contributed by atoms with Crippen LogP contribution in [0.4, 0.5) is 4.79 Å². The summed E-state index contributed by atoms with van der Waals surface area (Å²) in [5, 5.41) is 3.64. The summed E-state index contributed by atoms with van der Waals surface area (Å²) >= 11 is 0. The number of carbonyl (C=O) groups is 1. The van der Waals surface area contributed by atoms with Gasteiger partial charge in [-0.25, -0.2) is 10.2 Å². The molecule has 0 saturated heterocycles. The molecule has 0 aromatic heterocycles. The Hall–Kier alpha value is -2.08. The number of primary amides is 1. The number of nitrogens with two attached hydrogens (primary N) is 1. The average Bonchev–Trinajstić information content (AvgIpc) is 2.31. The Morgan fingerprint density at radius 3 is 2.71 bits per heavy atom. The van der Waals surface area contributed by atoms with Crippen molar-refractivity contribution < 1.29 is 14.3 Å². The minimum Gasteiger partial charge on any atom is -0.491 e. The lowest BCUT2D eigenvalue weighted by molar-refractivity contribution is 0.146. The van der Waals surface area contributed by atoms with Crippen LogP contribution < -0.4 is 15.9 Å². The highest BCUT2D eigenvalue weighted by atomic mass is 16.5. The molecule has 0 aliphatic rings. The van der Waals surface area contributed by atoms with Gasteiger partial charge in [0.15, 0.2) is 0 Å². The molecule has 0 aliphatic carbocycles. The Labute approximate surface area is 99.4 Å². The number of hydrogen-bond donors (Lipinski definition) is 2. The number of rotatable bonds is 6. The molecule has 6 heteroatoms. The van der Waals surface area contributed by atoms with Crippen molar-refractivity contribution in [1.29, 1.82) is 0 Å². The van der Waals surface area contributed by atoms with Crippen LogP contribution in [-0.4, -0.2) is 32.6 Å². The van der Waals surface area contributed by atoms with Gasteiger partial charge < -0.3 is 15.2 Å². The second kappa shape index (κ2) is 7.24. The van der Waals surface area contributed by atoms with Crippen molar-refractivity contribution in [3.05, 3.63) is 29.8 Å². The van der Waals surface area contributed by atoms with E-state index in [9.17, 15) is 4.79 Å². The summed E-state index contributed by atoms with van der Waals surface area (Å²) in [5.41, 5.74) is 7.80. The third-order valence-corrected chi connectivity index (χ3v) is 1.82. The van der Waals surface area contributed by atoms with Crippen molar-refractivity contribution in [2.24, 2.45) is 10.8 Å². The van der Waals surface area contributed by atoms with E-state index in [1.54, 1.807) is 19.2 Å². The minimum absolute atomic E-state index is 0.507. The highest BCUT2D eigenvalue weighted by Crippen LogP contribution is 2.10. The van der Waals surface area contributed by atoms with Crippen molar-refractivity contribution in [2.45, 2.75) is 0 Å². The second-order valence-electron chi connectivity index (χ2n) is 3.14. The molecule has 17 heavy (non-hydrogen) atoms. The van der Waals surface area contributed by atoms with Crippen LogP contribution in [0, 0.1) is 0 Å². The summed E-state index contributed by atoms with van der Waals surface area (Å²) < 4.78 is 10.2. The maximum atomic E-state index is 10.4. The number of methoxy groups -OCH3 is 1. The predicted octanol–water partition coefficient (Wildman–Crippen LogP) is 0.714. The van der Waals surface area contributed by atoms with Crippen molar-refractivity contribution in [3.63, 3.8) is 0 Å². The largest absolute Gasteiger partial charge is 0.491 e. The van der Waals surface area contributed by atoms with Gasteiger partial charge in [-0.2, -0.15) is 5.10 Å². The highest BCUT2D eigenvalue weighted by Gasteiger charge is 1.93. The standard InChI is InChI=1S/C11H15N3O3/c1-16-6-7-17-10-4-2-9(3-5-10)8-13-14-11(12)15/h2-5,8H,6-7H2,1H3,(H3,12,14,15). The normalized spacial score (nSPS) is 10.4. The molecule has 0 aliphatic heterocycles. The fourth-order valence-electron chi connectivity index (χ4n) is 1.06. The van der Waals surface area contributed by atoms with Crippen molar-refractivity contribution >= 4 is 12.2 Å². The number of carbonyl (C=O) groups excluding carboxylic acids is 1. The molecule has 0 heterocycles. The maximum absolute atomic E-state index is 10.4. The lowest BCUT2D eigenvalue weighted by Crippen LogP contribution is -2.24. The number of urea groups is 1. The molecule has 1 rings (SSSR count). The van der Waals surface area contributed by atoms with Crippen LogP contribution in [0.5, 0.6) is 5.75 Å². The van der Waals surface area contributed by atoms with E-state index in [-0.39, 0.29) is 0 Å². The quantitative estimate of drug-likeness (QED) is 0.434. The molecule has 0 fully saturated rings. The molecule has 1 aromatic carbocycles. The number of nitrogens with zero attached hydrogens (tertiary/aromatic N) is 1. The van der Waals surface area contributed by atoms with E-state index in [0.29, 0.717) is 13.2 Å². The van der Waals surface area contributed by atoms with Crippen molar-refractivity contribution in [3.8, 4) is 5.75 Å². The number of nitrogens with one attached hydrogen (secondary N) is 1. The van der Waals surface area contributed by atoms with E-state index in [0.717, 1.165) is 11.3 Å². The van der Waals surface area contributed by atoms with Crippen LogP contribution in [-0.2, 0) is 4.74 Å². The van der Waals surface area contributed by atoms with E-state index in [4.69, 9.17) is 15.2 Å². The number of benzene rings is 1. The van der Waals surface area contributed by atoms with Gasteiger partial charge in [0.25, 0.3) is 0 Å². The number of hydrogen-bond acceptors (Lipinski definition) is 4. The summed E-state index contributed by atoms with van der Waals surface area (Å²) in [4.78, 5) is 10.4. The van der Waals surface area contributed by atoms with Gasteiger partial charge in [-0.15, -0.1) is 0 Å². The van der Waals surface area contributed by atoms with Crippen LogP contribution in [0.3, 0.4) is 0 Å². The van der Waals surface area contributed by atoms with E-state index in [2.05, 4.69) is 10.5 Å².